The SMILES string of the molecule is CCCN1C(=O)C(=O)/C(=C(\O)c2ccc3c(c2)OCCO3)C1c1ccc(OCC(C)C)cc1. The van der Waals surface area contributed by atoms with Crippen LogP contribution in [0.15, 0.2) is 48.0 Å². The summed E-state index contributed by atoms with van der Waals surface area (Å²) in [4.78, 5) is 27.4. The van der Waals surface area contributed by atoms with Crippen molar-refractivity contribution >= 4 is 17.4 Å². The van der Waals surface area contributed by atoms with Gasteiger partial charge in [0.1, 0.15) is 24.7 Å². The van der Waals surface area contributed by atoms with E-state index in [1.165, 1.54) is 4.90 Å². The van der Waals surface area contributed by atoms with E-state index in [9.17, 15) is 14.7 Å². The number of aliphatic hydroxyl groups excluding tert-OH is 1. The normalized spacial score (nSPS) is 19.3. The molecule has 174 valence electrons. The third kappa shape index (κ3) is 4.53. The van der Waals surface area contributed by atoms with Gasteiger partial charge in [0.15, 0.2) is 11.5 Å². The first-order valence-corrected chi connectivity index (χ1v) is 11.3. The zero-order valence-corrected chi connectivity index (χ0v) is 19.2. The summed E-state index contributed by atoms with van der Waals surface area (Å²) in [5, 5.41) is 11.2. The van der Waals surface area contributed by atoms with E-state index >= 15 is 0 Å². The quantitative estimate of drug-likeness (QED) is 0.383. The number of hydrogen-bond donors (Lipinski definition) is 1. The van der Waals surface area contributed by atoms with Gasteiger partial charge in [-0.1, -0.05) is 32.9 Å². The van der Waals surface area contributed by atoms with Crippen LogP contribution in [0, 0.1) is 5.92 Å². The third-order valence-corrected chi connectivity index (χ3v) is 5.60. The number of rotatable bonds is 7. The summed E-state index contributed by atoms with van der Waals surface area (Å²) >= 11 is 0. The molecule has 2 aromatic carbocycles. The van der Waals surface area contributed by atoms with Crippen LogP contribution in [0.3, 0.4) is 0 Å². The Kier molecular flexibility index (Phi) is 6.58. The molecule has 0 aliphatic carbocycles. The average molecular weight is 452 g/mol. The van der Waals surface area contributed by atoms with Gasteiger partial charge in [0.05, 0.1) is 18.2 Å². The summed E-state index contributed by atoms with van der Waals surface area (Å²) in [6.07, 6.45) is 0.684. The minimum absolute atomic E-state index is 0.0703. The molecule has 2 aliphatic rings. The van der Waals surface area contributed by atoms with Crippen molar-refractivity contribution in [3.8, 4) is 17.2 Å². The lowest BCUT2D eigenvalue weighted by Crippen LogP contribution is -2.30. The molecule has 2 aromatic rings. The van der Waals surface area contributed by atoms with Crippen molar-refractivity contribution in [1.82, 2.24) is 4.90 Å². The molecule has 7 heteroatoms. The molecule has 0 spiro atoms. The van der Waals surface area contributed by atoms with Crippen molar-refractivity contribution in [3.63, 3.8) is 0 Å². The number of carbonyl (C=O) groups excluding carboxylic acids is 2. The molecule has 1 unspecified atom stereocenters. The van der Waals surface area contributed by atoms with Gasteiger partial charge in [-0.05, 0) is 48.2 Å². The lowest BCUT2D eigenvalue weighted by Gasteiger charge is -2.25. The number of Topliss-reactive ketones (excluding diaryl/α,β-unsaturated/α-hetero) is 1. The molecule has 0 bridgehead atoms. The number of likely N-dealkylation sites (tertiary alicyclic amines) is 1. The van der Waals surface area contributed by atoms with Gasteiger partial charge in [-0.3, -0.25) is 9.59 Å². The monoisotopic (exact) mass is 451 g/mol. The second-order valence-electron chi connectivity index (χ2n) is 8.62. The second kappa shape index (κ2) is 9.57. The van der Waals surface area contributed by atoms with E-state index in [1.54, 1.807) is 18.2 Å². The Labute approximate surface area is 193 Å². The van der Waals surface area contributed by atoms with E-state index in [4.69, 9.17) is 14.2 Å². The van der Waals surface area contributed by atoms with Crippen LogP contribution in [0.5, 0.6) is 17.2 Å². The third-order valence-electron chi connectivity index (χ3n) is 5.60. The topological polar surface area (TPSA) is 85.3 Å². The number of aliphatic hydroxyl groups is 1. The number of nitrogens with zero attached hydrogens (tertiary/aromatic N) is 1. The summed E-state index contributed by atoms with van der Waals surface area (Å²) in [7, 11) is 0. The molecule has 1 N–H and O–H groups in total. The van der Waals surface area contributed by atoms with Crippen LogP contribution in [0.25, 0.3) is 5.76 Å². The number of carbonyl (C=O) groups is 2. The Bertz CT molecular complexity index is 1070. The lowest BCUT2D eigenvalue weighted by atomic mass is 9.95. The molecule has 0 radical (unpaired) electrons. The van der Waals surface area contributed by atoms with E-state index in [0.29, 0.717) is 61.5 Å². The molecular weight excluding hydrogens is 422 g/mol. The molecule has 1 amide bonds. The number of benzene rings is 2. The van der Waals surface area contributed by atoms with Crippen molar-refractivity contribution in [2.24, 2.45) is 5.92 Å². The van der Waals surface area contributed by atoms with Crippen molar-refractivity contribution in [3.05, 3.63) is 59.2 Å². The fraction of sp³-hybridized carbons (Fsp3) is 0.385. The van der Waals surface area contributed by atoms with Crippen LogP contribution in [-0.4, -0.2) is 48.1 Å². The van der Waals surface area contributed by atoms with Gasteiger partial charge in [-0.15, -0.1) is 0 Å². The summed E-state index contributed by atoms with van der Waals surface area (Å²) < 4.78 is 16.9. The molecule has 7 nitrogen and oxygen atoms in total. The van der Waals surface area contributed by atoms with Gasteiger partial charge in [-0.2, -0.15) is 0 Å². The highest BCUT2D eigenvalue weighted by Gasteiger charge is 2.45. The highest BCUT2D eigenvalue weighted by molar-refractivity contribution is 6.46. The van der Waals surface area contributed by atoms with Crippen molar-refractivity contribution in [2.75, 3.05) is 26.4 Å². The first-order valence-electron chi connectivity index (χ1n) is 11.3. The predicted molar refractivity (Wildman–Crippen MR) is 124 cm³/mol. The van der Waals surface area contributed by atoms with E-state index in [-0.39, 0.29) is 11.3 Å². The van der Waals surface area contributed by atoms with Crippen LogP contribution < -0.4 is 14.2 Å². The number of amides is 1. The molecule has 1 fully saturated rings. The number of hydrogen-bond acceptors (Lipinski definition) is 6. The highest BCUT2D eigenvalue weighted by atomic mass is 16.6. The second-order valence-corrected chi connectivity index (χ2v) is 8.62. The fourth-order valence-corrected chi connectivity index (χ4v) is 4.05. The zero-order valence-electron chi connectivity index (χ0n) is 19.2. The van der Waals surface area contributed by atoms with Gasteiger partial charge in [-0.25, -0.2) is 0 Å². The van der Waals surface area contributed by atoms with Gasteiger partial charge in [0, 0.05) is 12.1 Å². The van der Waals surface area contributed by atoms with Crippen molar-refractivity contribution in [2.45, 2.75) is 33.2 Å². The average Bonchev–Trinajstić information content (AvgIpc) is 3.07. The Morgan fingerprint density at radius 1 is 1.09 bits per heavy atom. The minimum atomic E-state index is -0.694. The summed E-state index contributed by atoms with van der Waals surface area (Å²) in [5.41, 5.74) is 1.20. The van der Waals surface area contributed by atoms with Gasteiger partial charge < -0.3 is 24.2 Å². The number of ether oxygens (including phenoxy) is 3. The summed E-state index contributed by atoms with van der Waals surface area (Å²) in [6.45, 7) is 7.95. The predicted octanol–water partition coefficient (Wildman–Crippen LogP) is 4.32. The Morgan fingerprint density at radius 3 is 2.45 bits per heavy atom. The van der Waals surface area contributed by atoms with E-state index in [2.05, 4.69) is 13.8 Å². The van der Waals surface area contributed by atoms with Gasteiger partial charge in [0.2, 0.25) is 0 Å². The Morgan fingerprint density at radius 2 is 1.79 bits per heavy atom. The van der Waals surface area contributed by atoms with Crippen LogP contribution >= 0.6 is 0 Å². The summed E-state index contributed by atoms with van der Waals surface area (Å²) in [6, 6.07) is 11.6. The Balaban J connectivity index is 1.74. The van der Waals surface area contributed by atoms with Crippen LogP contribution in [0.4, 0.5) is 0 Å². The maximum Gasteiger partial charge on any atom is 0.295 e. The van der Waals surface area contributed by atoms with Crippen LogP contribution in [-0.2, 0) is 9.59 Å². The molecule has 4 rings (SSSR count). The molecule has 2 aliphatic heterocycles. The van der Waals surface area contributed by atoms with E-state index in [0.717, 1.165) is 5.56 Å². The van der Waals surface area contributed by atoms with Gasteiger partial charge in [0.25, 0.3) is 11.7 Å². The van der Waals surface area contributed by atoms with Gasteiger partial charge >= 0.3 is 0 Å². The highest BCUT2D eigenvalue weighted by Crippen LogP contribution is 2.41. The minimum Gasteiger partial charge on any atom is -0.507 e. The molecule has 0 aromatic heterocycles. The lowest BCUT2D eigenvalue weighted by molar-refractivity contribution is -0.139. The Hall–Kier alpha value is -3.48. The van der Waals surface area contributed by atoms with E-state index in [1.807, 2.05) is 31.2 Å². The standard InChI is InChI=1S/C26H29NO6/c1-4-11-27-23(17-5-8-19(9-6-17)33-15-16(2)3)22(25(29)26(27)30)24(28)18-7-10-20-21(14-18)32-13-12-31-20/h5-10,14,16,23,28H,4,11-13,15H2,1-3H3/b24-22-. The fourth-order valence-electron chi connectivity index (χ4n) is 4.05. The van der Waals surface area contributed by atoms with E-state index < -0.39 is 17.7 Å². The van der Waals surface area contributed by atoms with Crippen LogP contribution in [0.2, 0.25) is 0 Å². The molecule has 1 atom stereocenters. The smallest absolute Gasteiger partial charge is 0.295 e. The molecule has 2 heterocycles. The van der Waals surface area contributed by atoms with Crippen molar-refractivity contribution in [1.29, 1.82) is 0 Å². The number of fused-ring (bicyclic) bond motifs is 1. The molecular formula is C26H29NO6. The first kappa shape index (κ1) is 22.7. The first-order chi connectivity index (χ1) is 15.9. The van der Waals surface area contributed by atoms with Crippen molar-refractivity contribution < 1.29 is 28.9 Å². The molecule has 1 saturated heterocycles. The summed E-state index contributed by atoms with van der Waals surface area (Å²) in [5.74, 6) is 0.657. The number of ketones is 1. The largest absolute Gasteiger partial charge is 0.507 e. The molecule has 33 heavy (non-hydrogen) atoms. The molecule has 0 saturated carbocycles. The zero-order chi connectivity index (χ0) is 23.5. The maximum atomic E-state index is 13.0. The maximum absolute atomic E-state index is 13.0. The van der Waals surface area contributed by atoms with Crippen LogP contribution in [0.1, 0.15) is 44.4 Å².